The van der Waals surface area contributed by atoms with E-state index in [0.717, 1.165) is 6.42 Å². The van der Waals surface area contributed by atoms with Crippen molar-refractivity contribution in [3.8, 4) is 0 Å². The van der Waals surface area contributed by atoms with Crippen molar-refractivity contribution in [2.45, 2.75) is 39.5 Å². The third-order valence-electron chi connectivity index (χ3n) is 3.65. The molecule has 0 radical (unpaired) electrons. The van der Waals surface area contributed by atoms with Gasteiger partial charge in [-0.25, -0.2) is 0 Å². The number of carbonyl (C=O) groups is 1. The molecule has 0 aliphatic carbocycles. The van der Waals surface area contributed by atoms with Gasteiger partial charge < -0.3 is 14.0 Å². The number of nitrogens with zero attached hydrogens (tertiary/aromatic N) is 1. The summed E-state index contributed by atoms with van der Waals surface area (Å²) in [5.74, 6) is 0.144. The van der Waals surface area contributed by atoms with Crippen LogP contribution in [-0.2, 0) is 22.4 Å². The molecule has 2 rings (SSSR count). The van der Waals surface area contributed by atoms with E-state index in [1.54, 1.807) is 0 Å². The molecule has 0 amide bonds. The smallest absolute Gasteiger partial charge is 0.179 e. The minimum atomic E-state index is -0.321. The van der Waals surface area contributed by atoms with Crippen molar-refractivity contribution in [2.24, 2.45) is 0 Å². The van der Waals surface area contributed by atoms with Gasteiger partial charge in [0.25, 0.3) is 0 Å². The van der Waals surface area contributed by atoms with Gasteiger partial charge >= 0.3 is 0 Å². The summed E-state index contributed by atoms with van der Waals surface area (Å²) in [4.78, 5) is 12.5. The van der Waals surface area contributed by atoms with Gasteiger partial charge in [-0.2, -0.15) is 0 Å². The summed E-state index contributed by atoms with van der Waals surface area (Å²) >= 11 is 0. The van der Waals surface area contributed by atoms with Crippen LogP contribution in [0.15, 0.2) is 48.7 Å². The third kappa shape index (κ3) is 5.34. The van der Waals surface area contributed by atoms with Crippen molar-refractivity contribution < 1.29 is 14.3 Å². The maximum atomic E-state index is 12.5. The number of aryl methyl sites for hydroxylation is 1. The predicted octanol–water partition coefficient (Wildman–Crippen LogP) is 3.70. The molecule has 0 fully saturated rings. The Bertz CT molecular complexity index is 586. The molecule has 0 bridgehead atoms. The zero-order valence-electron chi connectivity index (χ0n) is 13.9. The molecule has 2 aromatic rings. The molecule has 1 aromatic carbocycles. The van der Waals surface area contributed by atoms with Gasteiger partial charge in [-0.1, -0.05) is 30.3 Å². The SMILES string of the molecule is CCOC(Cn1cccc1C(=O)CCc1ccccc1)OCC. The Hall–Kier alpha value is -1.91. The number of hydrogen-bond acceptors (Lipinski definition) is 3. The number of carbonyl (C=O) groups excluding carboxylic acids is 1. The Kier molecular flexibility index (Phi) is 7.04. The molecule has 0 atom stereocenters. The Morgan fingerprint density at radius 2 is 1.74 bits per heavy atom. The van der Waals surface area contributed by atoms with Gasteiger partial charge in [0.2, 0.25) is 0 Å². The zero-order chi connectivity index (χ0) is 16.5. The van der Waals surface area contributed by atoms with Gasteiger partial charge in [0, 0.05) is 25.8 Å². The fourth-order valence-corrected chi connectivity index (χ4v) is 2.54. The first kappa shape index (κ1) is 17.4. The third-order valence-corrected chi connectivity index (χ3v) is 3.65. The summed E-state index contributed by atoms with van der Waals surface area (Å²) in [6.07, 6.45) is 2.84. The Morgan fingerprint density at radius 1 is 1.04 bits per heavy atom. The van der Waals surface area contributed by atoms with Gasteiger partial charge in [-0.15, -0.1) is 0 Å². The van der Waals surface area contributed by atoms with E-state index in [9.17, 15) is 4.79 Å². The van der Waals surface area contributed by atoms with Gasteiger partial charge in [0.05, 0.1) is 12.2 Å². The number of benzene rings is 1. The number of rotatable bonds is 10. The molecule has 1 aromatic heterocycles. The Labute approximate surface area is 138 Å². The molecule has 0 saturated carbocycles. The molecule has 0 saturated heterocycles. The van der Waals surface area contributed by atoms with E-state index in [0.29, 0.717) is 31.9 Å². The highest BCUT2D eigenvalue weighted by molar-refractivity contribution is 5.94. The van der Waals surface area contributed by atoms with Gasteiger partial charge in [-0.3, -0.25) is 4.79 Å². The fraction of sp³-hybridized carbons (Fsp3) is 0.421. The van der Waals surface area contributed by atoms with Crippen LogP contribution in [0.2, 0.25) is 0 Å². The molecular weight excluding hydrogens is 290 g/mol. The summed E-state index contributed by atoms with van der Waals surface area (Å²) < 4.78 is 13.1. The lowest BCUT2D eigenvalue weighted by atomic mass is 10.1. The first-order valence-corrected chi connectivity index (χ1v) is 8.20. The first-order chi connectivity index (χ1) is 11.2. The van der Waals surface area contributed by atoms with Gasteiger partial charge in [0.1, 0.15) is 0 Å². The molecule has 1 heterocycles. The minimum absolute atomic E-state index is 0.144. The fourth-order valence-electron chi connectivity index (χ4n) is 2.54. The molecule has 124 valence electrons. The van der Waals surface area contributed by atoms with Crippen LogP contribution in [-0.4, -0.2) is 29.9 Å². The average Bonchev–Trinajstić information content (AvgIpc) is 3.02. The average molecular weight is 315 g/mol. The maximum absolute atomic E-state index is 12.5. The van der Waals surface area contributed by atoms with E-state index in [-0.39, 0.29) is 12.1 Å². The van der Waals surface area contributed by atoms with Gasteiger partial charge in [0.15, 0.2) is 12.1 Å². The second-order valence-corrected chi connectivity index (χ2v) is 5.29. The number of ketones is 1. The number of ether oxygens (including phenoxy) is 2. The van der Waals surface area contributed by atoms with Crippen molar-refractivity contribution in [2.75, 3.05) is 13.2 Å². The summed E-state index contributed by atoms with van der Waals surface area (Å²) in [6, 6.07) is 13.8. The molecule has 23 heavy (non-hydrogen) atoms. The summed E-state index contributed by atoms with van der Waals surface area (Å²) in [7, 11) is 0. The highest BCUT2D eigenvalue weighted by Crippen LogP contribution is 2.12. The van der Waals surface area contributed by atoms with Crippen molar-refractivity contribution in [3.05, 3.63) is 59.9 Å². The number of hydrogen-bond donors (Lipinski definition) is 0. The number of aromatic nitrogens is 1. The van der Waals surface area contributed by atoms with Crippen LogP contribution in [0.5, 0.6) is 0 Å². The van der Waals surface area contributed by atoms with Crippen LogP contribution in [0.1, 0.15) is 36.3 Å². The van der Waals surface area contributed by atoms with Crippen LogP contribution in [0.25, 0.3) is 0 Å². The lowest BCUT2D eigenvalue weighted by Crippen LogP contribution is -2.25. The van der Waals surface area contributed by atoms with Crippen molar-refractivity contribution in [3.63, 3.8) is 0 Å². The van der Waals surface area contributed by atoms with Gasteiger partial charge in [-0.05, 0) is 38.0 Å². The summed E-state index contributed by atoms with van der Waals surface area (Å²) in [5.41, 5.74) is 1.89. The lowest BCUT2D eigenvalue weighted by molar-refractivity contribution is -0.143. The highest BCUT2D eigenvalue weighted by atomic mass is 16.7. The molecule has 0 spiro atoms. The molecule has 4 nitrogen and oxygen atoms in total. The van der Waals surface area contributed by atoms with Crippen LogP contribution in [0.3, 0.4) is 0 Å². The predicted molar refractivity (Wildman–Crippen MR) is 90.6 cm³/mol. The van der Waals surface area contributed by atoms with Crippen LogP contribution < -0.4 is 0 Å². The largest absolute Gasteiger partial charge is 0.351 e. The molecule has 0 aliphatic rings. The Balaban J connectivity index is 1.97. The highest BCUT2D eigenvalue weighted by Gasteiger charge is 2.15. The van der Waals surface area contributed by atoms with Crippen molar-refractivity contribution in [1.29, 1.82) is 0 Å². The maximum Gasteiger partial charge on any atom is 0.179 e. The van der Waals surface area contributed by atoms with E-state index in [1.165, 1.54) is 5.56 Å². The standard InChI is InChI=1S/C19H25NO3/c1-3-22-19(23-4-2)15-20-14-8-11-17(20)18(21)13-12-16-9-6-5-7-10-16/h5-11,14,19H,3-4,12-13,15H2,1-2H3. The van der Waals surface area contributed by atoms with E-state index in [1.807, 2.05) is 67.1 Å². The topological polar surface area (TPSA) is 40.5 Å². The van der Waals surface area contributed by atoms with E-state index < -0.39 is 0 Å². The van der Waals surface area contributed by atoms with Crippen LogP contribution in [0, 0.1) is 0 Å². The first-order valence-electron chi connectivity index (χ1n) is 8.20. The lowest BCUT2D eigenvalue weighted by Gasteiger charge is -2.19. The summed E-state index contributed by atoms with van der Waals surface area (Å²) in [5, 5.41) is 0. The normalized spacial score (nSPS) is 11.1. The second-order valence-electron chi connectivity index (χ2n) is 5.29. The van der Waals surface area contributed by atoms with Crippen molar-refractivity contribution in [1.82, 2.24) is 4.57 Å². The minimum Gasteiger partial charge on any atom is -0.351 e. The number of Topliss-reactive ketones (excluding diaryl/α,β-unsaturated/α-hetero) is 1. The molecular formula is C19H25NO3. The van der Waals surface area contributed by atoms with Crippen LogP contribution >= 0.6 is 0 Å². The molecule has 4 heteroatoms. The second kappa shape index (κ2) is 9.28. The monoisotopic (exact) mass is 315 g/mol. The molecule has 0 aliphatic heterocycles. The van der Waals surface area contributed by atoms with E-state index in [2.05, 4.69) is 0 Å². The van der Waals surface area contributed by atoms with E-state index >= 15 is 0 Å². The zero-order valence-corrected chi connectivity index (χ0v) is 13.9. The van der Waals surface area contributed by atoms with Crippen LogP contribution in [0.4, 0.5) is 0 Å². The quantitative estimate of drug-likeness (QED) is 0.496. The molecule has 0 N–H and O–H groups in total. The Morgan fingerprint density at radius 3 is 2.39 bits per heavy atom. The molecule has 0 unspecified atom stereocenters. The van der Waals surface area contributed by atoms with E-state index in [4.69, 9.17) is 9.47 Å². The summed E-state index contributed by atoms with van der Waals surface area (Å²) in [6.45, 7) is 5.58. The van der Waals surface area contributed by atoms with Crippen molar-refractivity contribution >= 4 is 5.78 Å².